The lowest BCUT2D eigenvalue weighted by atomic mass is 9.81. The van der Waals surface area contributed by atoms with Crippen molar-refractivity contribution in [3.8, 4) is 27.9 Å². The van der Waals surface area contributed by atoms with Gasteiger partial charge in [-0.3, -0.25) is 0 Å². The van der Waals surface area contributed by atoms with Crippen molar-refractivity contribution in [2.24, 2.45) is 0 Å². The van der Waals surface area contributed by atoms with Crippen molar-refractivity contribution >= 4 is 33.2 Å². The van der Waals surface area contributed by atoms with E-state index in [1.165, 1.54) is 60.9 Å². The van der Waals surface area contributed by atoms with Gasteiger partial charge in [-0.1, -0.05) is 80.6 Å². The van der Waals surface area contributed by atoms with Crippen LogP contribution in [-0.2, 0) is 5.41 Å². The Bertz CT molecular complexity index is 1840. The van der Waals surface area contributed by atoms with Gasteiger partial charge in [0.05, 0.1) is 16.7 Å². The number of rotatable bonds is 2. The van der Waals surface area contributed by atoms with Crippen molar-refractivity contribution in [1.29, 1.82) is 0 Å². The van der Waals surface area contributed by atoms with Crippen LogP contribution in [0.2, 0.25) is 0 Å². The molecule has 0 unspecified atom stereocenters. The zero-order valence-corrected chi connectivity index (χ0v) is 19.8. The van der Waals surface area contributed by atoms with Gasteiger partial charge in [0.25, 0.3) is 0 Å². The standard InChI is InChI=1S/C33H24N2/c1-33(2)26-17-16-24-22-12-6-8-14-28(22)35-29-15-9-7-13-23(29)25-18-21(34-20-10-4-3-5-11-20)19-27(33)30(25)31(26)32(24)35/h3-19,34H,1-2H3. The van der Waals surface area contributed by atoms with Gasteiger partial charge in [0.2, 0.25) is 0 Å². The number of aromatic nitrogens is 1. The molecule has 5 aromatic carbocycles. The fourth-order valence-electron chi connectivity index (χ4n) is 6.50. The predicted molar refractivity (Wildman–Crippen MR) is 147 cm³/mol. The van der Waals surface area contributed by atoms with Crippen LogP contribution in [0.5, 0.6) is 0 Å². The van der Waals surface area contributed by atoms with Crippen molar-refractivity contribution in [3.05, 3.63) is 114 Å². The molecule has 0 saturated carbocycles. The molecule has 0 bridgehead atoms. The van der Waals surface area contributed by atoms with E-state index >= 15 is 0 Å². The van der Waals surface area contributed by atoms with Crippen LogP contribution in [0.15, 0.2) is 103 Å². The van der Waals surface area contributed by atoms with Gasteiger partial charge in [-0.05, 0) is 58.7 Å². The summed E-state index contributed by atoms with van der Waals surface area (Å²) in [6.07, 6.45) is 0. The number of anilines is 2. The molecular weight excluding hydrogens is 424 g/mol. The summed E-state index contributed by atoms with van der Waals surface area (Å²) in [5, 5.41) is 6.33. The van der Waals surface area contributed by atoms with Gasteiger partial charge in [0.1, 0.15) is 0 Å². The average Bonchev–Trinajstić information content (AvgIpc) is 3.29. The highest BCUT2D eigenvalue weighted by atomic mass is 15.0. The fourth-order valence-corrected chi connectivity index (χ4v) is 6.50. The maximum absolute atomic E-state index is 3.68. The Labute approximate surface area is 204 Å². The minimum atomic E-state index is -0.0877. The molecule has 2 aliphatic rings. The van der Waals surface area contributed by atoms with Crippen molar-refractivity contribution in [2.45, 2.75) is 19.3 Å². The molecule has 0 atom stereocenters. The van der Waals surface area contributed by atoms with Crippen molar-refractivity contribution in [2.75, 3.05) is 5.32 Å². The highest BCUT2D eigenvalue weighted by Gasteiger charge is 2.41. The van der Waals surface area contributed by atoms with Crippen molar-refractivity contribution in [1.82, 2.24) is 4.57 Å². The van der Waals surface area contributed by atoms with Crippen LogP contribution >= 0.6 is 0 Å². The Hall–Kier alpha value is -4.30. The summed E-state index contributed by atoms with van der Waals surface area (Å²) in [6.45, 7) is 4.75. The highest BCUT2D eigenvalue weighted by Crippen LogP contribution is 2.58. The van der Waals surface area contributed by atoms with Crippen LogP contribution in [-0.4, -0.2) is 4.57 Å². The van der Waals surface area contributed by atoms with E-state index in [0.717, 1.165) is 11.4 Å². The average molecular weight is 449 g/mol. The van der Waals surface area contributed by atoms with Gasteiger partial charge in [-0.25, -0.2) is 0 Å². The number of nitrogens with one attached hydrogen (secondary N) is 1. The van der Waals surface area contributed by atoms with Crippen LogP contribution in [0.25, 0.3) is 49.7 Å². The molecule has 2 nitrogen and oxygen atoms in total. The number of hydrogen-bond acceptors (Lipinski definition) is 1. The molecule has 0 fully saturated rings. The van der Waals surface area contributed by atoms with Crippen LogP contribution in [0.4, 0.5) is 11.4 Å². The fraction of sp³-hybridized carbons (Fsp3) is 0.0909. The second-order valence-corrected chi connectivity index (χ2v) is 10.3. The first kappa shape index (κ1) is 19.1. The minimum absolute atomic E-state index is 0.0877. The van der Waals surface area contributed by atoms with Gasteiger partial charge in [-0.2, -0.15) is 0 Å². The molecule has 1 aliphatic heterocycles. The van der Waals surface area contributed by atoms with Gasteiger partial charge >= 0.3 is 0 Å². The summed E-state index contributed by atoms with van der Waals surface area (Å²) in [5.41, 5.74) is 14.2. The molecule has 1 aliphatic carbocycles. The van der Waals surface area contributed by atoms with Gasteiger partial charge in [0.15, 0.2) is 0 Å². The van der Waals surface area contributed by atoms with Gasteiger partial charge in [-0.15, -0.1) is 0 Å². The molecule has 2 heterocycles. The van der Waals surface area contributed by atoms with E-state index in [9.17, 15) is 0 Å². The maximum Gasteiger partial charge on any atom is 0.0623 e. The number of hydrogen-bond donors (Lipinski definition) is 1. The molecule has 2 heteroatoms. The van der Waals surface area contributed by atoms with E-state index < -0.39 is 0 Å². The first-order valence-electron chi connectivity index (χ1n) is 12.3. The third-order valence-corrected chi connectivity index (χ3v) is 8.07. The summed E-state index contributed by atoms with van der Waals surface area (Å²) < 4.78 is 2.51. The molecule has 0 saturated heterocycles. The Morgan fingerprint density at radius 3 is 2.26 bits per heavy atom. The van der Waals surface area contributed by atoms with Crippen LogP contribution < -0.4 is 5.32 Å². The van der Waals surface area contributed by atoms with E-state index in [1.807, 2.05) is 0 Å². The Kier molecular flexibility index (Phi) is 3.50. The number of benzene rings is 5. The van der Waals surface area contributed by atoms with E-state index in [4.69, 9.17) is 0 Å². The molecule has 6 aromatic rings. The van der Waals surface area contributed by atoms with Gasteiger partial charge < -0.3 is 9.88 Å². The van der Waals surface area contributed by atoms with Gasteiger partial charge in [0, 0.05) is 38.7 Å². The molecule has 35 heavy (non-hydrogen) atoms. The second-order valence-electron chi connectivity index (χ2n) is 10.3. The van der Waals surface area contributed by atoms with Crippen LogP contribution in [0.3, 0.4) is 0 Å². The number of para-hydroxylation sites is 3. The smallest absolute Gasteiger partial charge is 0.0623 e. The molecule has 1 aromatic heterocycles. The number of nitrogens with zero attached hydrogens (tertiary/aromatic N) is 1. The molecule has 1 N–H and O–H groups in total. The monoisotopic (exact) mass is 448 g/mol. The zero-order chi connectivity index (χ0) is 23.3. The topological polar surface area (TPSA) is 17.0 Å². The minimum Gasteiger partial charge on any atom is -0.356 e. The molecular formula is C33H24N2. The molecule has 166 valence electrons. The van der Waals surface area contributed by atoms with E-state index in [-0.39, 0.29) is 5.41 Å². The third-order valence-electron chi connectivity index (χ3n) is 8.07. The number of fused-ring (bicyclic) bond motifs is 6. The lowest BCUT2D eigenvalue weighted by molar-refractivity contribution is 0.661. The summed E-state index contributed by atoms with van der Waals surface area (Å²) >= 11 is 0. The first-order chi connectivity index (χ1) is 17.1. The molecule has 0 spiro atoms. The van der Waals surface area contributed by atoms with Crippen LogP contribution in [0.1, 0.15) is 25.0 Å². The lowest BCUT2D eigenvalue weighted by Gasteiger charge is -2.24. The summed E-state index contributed by atoms with van der Waals surface area (Å²) in [7, 11) is 0. The predicted octanol–water partition coefficient (Wildman–Crippen LogP) is 8.81. The third kappa shape index (κ3) is 2.34. The normalized spacial score (nSPS) is 14.2. The van der Waals surface area contributed by atoms with Crippen molar-refractivity contribution < 1.29 is 0 Å². The maximum atomic E-state index is 3.68. The summed E-state index contributed by atoms with van der Waals surface area (Å²) in [5.74, 6) is 0. The van der Waals surface area contributed by atoms with E-state index in [1.54, 1.807) is 0 Å². The van der Waals surface area contributed by atoms with E-state index in [2.05, 4.69) is 127 Å². The quantitative estimate of drug-likeness (QED) is 0.280. The first-order valence-corrected chi connectivity index (χ1v) is 12.3. The van der Waals surface area contributed by atoms with Crippen LogP contribution in [0, 0.1) is 0 Å². The van der Waals surface area contributed by atoms with Crippen molar-refractivity contribution in [3.63, 3.8) is 0 Å². The highest BCUT2D eigenvalue weighted by molar-refractivity contribution is 6.18. The Morgan fingerprint density at radius 1 is 0.600 bits per heavy atom. The second kappa shape index (κ2) is 6.43. The Balaban J connectivity index is 1.56. The Morgan fingerprint density at radius 2 is 1.37 bits per heavy atom. The summed E-state index contributed by atoms with van der Waals surface area (Å²) in [4.78, 5) is 0. The molecule has 0 radical (unpaired) electrons. The SMILES string of the molecule is CC1(C)c2cc(Nc3ccccc3)cc3c2-c2c1ccc1c4ccccc4n(c21)-c1ccccc1-3. The largest absolute Gasteiger partial charge is 0.356 e. The zero-order valence-electron chi connectivity index (χ0n) is 19.8. The molecule has 0 amide bonds. The molecule has 8 rings (SSSR count). The summed E-state index contributed by atoms with van der Waals surface area (Å²) in [6, 6.07) is 37.6. The lowest BCUT2D eigenvalue weighted by Crippen LogP contribution is -2.15. The van der Waals surface area contributed by atoms with E-state index in [0.29, 0.717) is 0 Å².